The molecule has 0 spiro atoms. The number of amides is 3. The van der Waals surface area contributed by atoms with Crippen LogP contribution in [-0.2, 0) is 17.8 Å². The first-order valence-corrected chi connectivity index (χ1v) is 22.6. The molecule has 0 bridgehead atoms. The number of fused-ring (bicyclic) bond motifs is 3. The van der Waals surface area contributed by atoms with Crippen LogP contribution in [0.4, 0.5) is 4.79 Å². The van der Waals surface area contributed by atoms with Crippen molar-refractivity contribution in [1.82, 2.24) is 50.7 Å². The second-order valence-electron chi connectivity index (χ2n) is 17.4. The predicted octanol–water partition coefficient (Wildman–Crippen LogP) is 5.98. The third-order valence-corrected chi connectivity index (χ3v) is 13.9. The number of para-hydroxylation sites is 1. The summed E-state index contributed by atoms with van der Waals surface area (Å²) in [5.41, 5.74) is 9.55. The van der Waals surface area contributed by atoms with Gasteiger partial charge < -0.3 is 39.9 Å². The number of aliphatic hydroxyl groups excluding tert-OH is 2. The molecule has 17 heteroatoms. The number of aromatic hydroxyl groups is 1. The summed E-state index contributed by atoms with van der Waals surface area (Å²) in [6.45, 7) is 10.3. The van der Waals surface area contributed by atoms with Crippen LogP contribution >= 0.6 is 11.3 Å². The van der Waals surface area contributed by atoms with Gasteiger partial charge >= 0.3 is 6.03 Å². The van der Waals surface area contributed by atoms with Crippen molar-refractivity contribution in [2.24, 2.45) is 5.92 Å². The Hall–Kier alpha value is -5.72. The standard InChI is InChI=1S/C46H54N10O6S/c1-25(2)41(50-45(60)56-22-31(57)19-38(56)44(59)48-26(3)28-9-11-30(12-10-28)42-27(4)47-24-63-42)40-21-36(53-62-40)29-13-16-54(17-14-29)46(61)55-18-15-35-34(23-55)33-20-37(51-52-43(33)49-35)32-7-5-6-8-39(32)58/h5-12,20-21,24-26,29,31,38,41,45,50,57-58,60H,13-19,22-23H2,1-4H3,(H,48,59)(H,49,52)/t26-,31+,38-,41+,45?/m0/s1. The fourth-order valence-electron chi connectivity index (χ4n) is 9.32. The molecule has 0 radical (unpaired) electrons. The van der Waals surface area contributed by atoms with E-state index in [0.717, 1.165) is 56.9 Å². The summed E-state index contributed by atoms with van der Waals surface area (Å²) >= 11 is 1.59. The number of aryl methyl sites for hydroxylation is 1. The second kappa shape index (κ2) is 17.8. The number of nitrogens with zero attached hydrogens (tertiary/aromatic N) is 7. The number of piperidine rings is 1. The number of carbonyl (C=O) groups is 2. The van der Waals surface area contributed by atoms with Crippen molar-refractivity contribution in [1.29, 1.82) is 0 Å². The van der Waals surface area contributed by atoms with E-state index in [0.29, 0.717) is 55.3 Å². The highest BCUT2D eigenvalue weighted by Crippen LogP contribution is 2.35. The molecule has 3 aliphatic rings. The number of β-amino-alcohol motifs (C(OH)–C–C–N with tert-alkyl or cyclic N) is 1. The first-order chi connectivity index (χ1) is 30.4. The van der Waals surface area contributed by atoms with Gasteiger partial charge in [-0.3, -0.25) is 15.0 Å². The topological polar surface area (TPSA) is 209 Å². The smallest absolute Gasteiger partial charge is 0.320 e. The van der Waals surface area contributed by atoms with Gasteiger partial charge in [0.2, 0.25) is 5.91 Å². The Bertz CT molecular complexity index is 2580. The highest BCUT2D eigenvalue weighted by molar-refractivity contribution is 7.13. The van der Waals surface area contributed by atoms with Gasteiger partial charge in [0.15, 0.2) is 17.8 Å². The second-order valence-corrected chi connectivity index (χ2v) is 18.3. The number of phenolic OH excluding ortho intramolecular Hbond substituents is 1. The number of urea groups is 1. The van der Waals surface area contributed by atoms with Crippen LogP contribution in [0.3, 0.4) is 0 Å². The molecule has 330 valence electrons. The van der Waals surface area contributed by atoms with Gasteiger partial charge in [0.05, 0.1) is 51.7 Å². The van der Waals surface area contributed by atoms with Crippen LogP contribution in [0, 0.1) is 12.8 Å². The van der Waals surface area contributed by atoms with Gasteiger partial charge in [-0.15, -0.1) is 21.5 Å². The minimum Gasteiger partial charge on any atom is -0.507 e. The number of aromatic amines is 1. The number of hydrogen-bond acceptors (Lipinski definition) is 13. The van der Waals surface area contributed by atoms with E-state index >= 15 is 0 Å². The Morgan fingerprint density at radius 1 is 1.00 bits per heavy atom. The van der Waals surface area contributed by atoms with Crippen LogP contribution in [0.25, 0.3) is 32.7 Å². The van der Waals surface area contributed by atoms with Crippen molar-refractivity contribution >= 4 is 34.3 Å². The van der Waals surface area contributed by atoms with Crippen LogP contribution in [0.5, 0.6) is 5.75 Å². The molecule has 4 aromatic heterocycles. The lowest BCUT2D eigenvalue weighted by molar-refractivity contribution is -0.132. The number of carbonyl (C=O) groups excluding carboxylic acids is 2. The zero-order valence-electron chi connectivity index (χ0n) is 35.9. The van der Waals surface area contributed by atoms with Gasteiger partial charge in [-0.25, -0.2) is 9.78 Å². The van der Waals surface area contributed by atoms with Crippen molar-refractivity contribution in [2.45, 2.75) is 96.4 Å². The Kier molecular flexibility index (Phi) is 12.0. The average molecular weight is 875 g/mol. The Morgan fingerprint density at radius 2 is 1.78 bits per heavy atom. The normalized spacial score (nSPS) is 20.0. The minimum atomic E-state index is -1.24. The zero-order valence-corrected chi connectivity index (χ0v) is 36.7. The van der Waals surface area contributed by atoms with Crippen molar-refractivity contribution in [3.05, 3.63) is 100 Å². The summed E-state index contributed by atoms with van der Waals surface area (Å²) < 4.78 is 5.92. The molecule has 7 heterocycles. The molecule has 5 atom stereocenters. The number of H-pyrrole nitrogens is 1. The maximum atomic E-state index is 13.9. The molecular formula is C46H54N10O6S. The van der Waals surface area contributed by atoms with Crippen LogP contribution in [0.1, 0.15) is 92.0 Å². The van der Waals surface area contributed by atoms with Gasteiger partial charge in [0.1, 0.15) is 5.75 Å². The van der Waals surface area contributed by atoms with Gasteiger partial charge in [-0.2, -0.15) is 0 Å². The van der Waals surface area contributed by atoms with Gasteiger partial charge in [0.25, 0.3) is 0 Å². The fraction of sp³-hybridized carbons (Fsp3) is 0.435. The largest absolute Gasteiger partial charge is 0.507 e. The van der Waals surface area contributed by atoms with Crippen molar-refractivity contribution < 1.29 is 29.4 Å². The van der Waals surface area contributed by atoms with Gasteiger partial charge in [0, 0.05) is 73.3 Å². The van der Waals surface area contributed by atoms with Crippen molar-refractivity contribution in [3.8, 4) is 27.4 Å². The molecule has 0 saturated carbocycles. The van der Waals surface area contributed by atoms with Gasteiger partial charge in [-0.05, 0) is 68.4 Å². The molecule has 0 aliphatic carbocycles. The molecule has 63 heavy (non-hydrogen) atoms. The van der Waals surface area contributed by atoms with Crippen molar-refractivity contribution in [3.63, 3.8) is 0 Å². The van der Waals surface area contributed by atoms with E-state index in [4.69, 9.17) is 4.52 Å². The molecule has 3 aliphatic heterocycles. The number of nitrogens with one attached hydrogen (secondary N) is 3. The summed E-state index contributed by atoms with van der Waals surface area (Å²) in [6.07, 6.45) is 0.302. The summed E-state index contributed by atoms with van der Waals surface area (Å²) in [4.78, 5) is 41.9. The van der Waals surface area contributed by atoms with Crippen LogP contribution in [0.15, 0.2) is 70.7 Å². The van der Waals surface area contributed by atoms with E-state index in [1.807, 2.05) is 91.5 Å². The monoisotopic (exact) mass is 874 g/mol. The van der Waals surface area contributed by atoms with E-state index < -0.39 is 24.5 Å². The van der Waals surface area contributed by atoms with Crippen molar-refractivity contribution in [2.75, 3.05) is 26.2 Å². The Balaban J connectivity index is 0.798. The first kappa shape index (κ1) is 42.6. The minimum absolute atomic E-state index is 0.000258. The van der Waals surface area contributed by atoms with E-state index in [2.05, 4.69) is 36.0 Å². The molecule has 6 aromatic rings. The first-order valence-electron chi connectivity index (χ1n) is 21.8. The maximum Gasteiger partial charge on any atom is 0.320 e. The lowest BCUT2D eigenvalue weighted by Crippen LogP contribution is -2.54. The summed E-state index contributed by atoms with van der Waals surface area (Å²) in [7, 11) is 0. The molecule has 2 aromatic carbocycles. The average Bonchev–Trinajstić information content (AvgIpc) is 4.11. The SMILES string of the molecule is Cc1ncsc1-c1ccc([C@H](C)NC(=O)[C@@H]2C[C@@H](O)CN2C(O)N[C@@H](c2cc(C3CCN(C(=O)N4CCc5[nH]c6nnc(-c7ccccc7O)cc6c5C4)CC3)no2)C(C)C)cc1. The number of rotatable bonds is 11. The zero-order chi connectivity index (χ0) is 43.9. The molecule has 9 rings (SSSR count). The molecular weight excluding hydrogens is 821 g/mol. The number of aromatic nitrogens is 5. The van der Waals surface area contributed by atoms with E-state index in [9.17, 15) is 24.9 Å². The van der Waals surface area contributed by atoms with E-state index in [-0.39, 0.29) is 48.5 Å². The molecule has 6 N–H and O–H groups in total. The van der Waals surface area contributed by atoms with Gasteiger partial charge in [-0.1, -0.05) is 55.4 Å². The molecule has 3 amide bonds. The van der Waals surface area contributed by atoms with Crippen LogP contribution in [-0.4, -0.2) is 112 Å². The third kappa shape index (κ3) is 8.67. The number of thiazole rings is 1. The highest BCUT2D eigenvalue weighted by atomic mass is 32.1. The molecule has 2 saturated heterocycles. The number of phenols is 1. The number of benzene rings is 2. The molecule has 16 nitrogen and oxygen atoms in total. The van der Waals surface area contributed by atoms with Crippen LogP contribution in [0.2, 0.25) is 0 Å². The third-order valence-electron chi connectivity index (χ3n) is 12.9. The summed E-state index contributed by atoms with van der Waals surface area (Å²) in [5.74, 6) is 0.515. The number of aliphatic hydroxyl groups is 2. The molecule has 1 unspecified atom stereocenters. The number of likely N-dealkylation sites (tertiary alicyclic amines) is 2. The quantitative estimate of drug-likeness (QED) is 0.0831. The Labute approximate surface area is 369 Å². The van der Waals surface area contributed by atoms with E-state index in [1.165, 1.54) is 0 Å². The highest BCUT2D eigenvalue weighted by Gasteiger charge is 2.41. The molecule has 2 fully saturated rings. The summed E-state index contributed by atoms with van der Waals surface area (Å²) in [5, 5.41) is 53.1. The summed E-state index contributed by atoms with van der Waals surface area (Å²) in [6, 6.07) is 17.5. The maximum absolute atomic E-state index is 13.9. The lowest BCUT2D eigenvalue weighted by atomic mass is 9.92. The fourth-order valence-corrected chi connectivity index (χ4v) is 10.1. The number of hydrogen-bond donors (Lipinski definition) is 6. The van der Waals surface area contributed by atoms with Crippen LogP contribution < -0.4 is 10.6 Å². The lowest BCUT2D eigenvalue weighted by Gasteiger charge is -2.36. The van der Waals surface area contributed by atoms with E-state index in [1.54, 1.807) is 28.4 Å². The predicted molar refractivity (Wildman–Crippen MR) is 237 cm³/mol. The Morgan fingerprint density at radius 3 is 2.51 bits per heavy atom.